The largest absolute Gasteiger partial charge is 0.419 e. The topological polar surface area (TPSA) is 92.3 Å². The molecule has 2 aliphatic rings. The van der Waals surface area contributed by atoms with E-state index in [2.05, 4.69) is 27.1 Å². The van der Waals surface area contributed by atoms with Crippen LogP contribution in [0.25, 0.3) is 22.3 Å². The van der Waals surface area contributed by atoms with Crippen LogP contribution in [0.1, 0.15) is 32.3 Å². The highest BCUT2D eigenvalue weighted by atomic mass is 19.4. The standard InChI is InChI=1S/C23H24F3N7/c1-12-13(2)33(15-5-7-28-8-6-15)21-19(31-12)11-29-18-4-3-17(32-20(18)21)14-9-16(23(24,25)26)22(27)30-10-14/h3-4,9-11,13,15,28H,5-8H2,1-2H3,(H2,27,30). The molecule has 10 heteroatoms. The molecule has 0 spiro atoms. The first-order chi connectivity index (χ1) is 15.7. The van der Waals surface area contributed by atoms with Gasteiger partial charge < -0.3 is 16.0 Å². The molecule has 0 amide bonds. The quantitative estimate of drug-likeness (QED) is 0.597. The van der Waals surface area contributed by atoms with E-state index in [1.165, 1.54) is 6.20 Å². The lowest BCUT2D eigenvalue weighted by molar-refractivity contribution is -0.137. The molecule has 2 aliphatic heterocycles. The zero-order valence-corrected chi connectivity index (χ0v) is 18.3. The minimum atomic E-state index is -4.60. The molecule has 0 radical (unpaired) electrons. The van der Waals surface area contributed by atoms with Crippen molar-refractivity contribution in [1.82, 2.24) is 20.3 Å². The van der Waals surface area contributed by atoms with E-state index in [0.717, 1.165) is 49.1 Å². The Hall–Kier alpha value is -3.27. The van der Waals surface area contributed by atoms with E-state index in [4.69, 9.17) is 15.7 Å². The fraction of sp³-hybridized carbons (Fsp3) is 0.391. The second-order valence-corrected chi connectivity index (χ2v) is 8.53. The summed E-state index contributed by atoms with van der Waals surface area (Å²) >= 11 is 0. The first kappa shape index (κ1) is 21.6. The molecule has 0 aromatic carbocycles. The van der Waals surface area contributed by atoms with Gasteiger partial charge in [0.2, 0.25) is 0 Å². The number of hydrogen-bond donors (Lipinski definition) is 2. The molecule has 1 saturated heterocycles. The third-order valence-electron chi connectivity index (χ3n) is 6.47. The predicted molar refractivity (Wildman–Crippen MR) is 123 cm³/mol. The van der Waals surface area contributed by atoms with Gasteiger partial charge in [-0.2, -0.15) is 13.2 Å². The van der Waals surface area contributed by atoms with E-state index in [0.29, 0.717) is 22.8 Å². The van der Waals surface area contributed by atoms with Gasteiger partial charge in [-0.3, -0.25) is 9.98 Å². The molecule has 5 rings (SSSR count). The molecule has 172 valence electrons. The number of piperidine rings is 1. The Balaban J connectivity index is 1.69. The van der Waals surface area contributed by atoms with Gasteiger partial charge in [-0.15, -0.1) is 0 Å². The zero-order chi connectivity index (χ0) is 23.3. The van der Waals surface area contributed by atoms with Crippen molar-refractivity contribution in [1.29, 1.82) is 0 Å². The Labute approximate surface area is 189 Å². The lowest BCUT2D eigenvalue weighted by Gasteiger charge is -2.43. The molecule has 33 heavy (non-hydrogen) atoms. The number of nitrogen functional groups attached to an aromatic ring is 1. The Morgan fingerprint density at radius 2 is 1.88 bits per heavy atom. The lowest BCUT2D eigenvalue weighted by Crippen LogP contribution is -2.51. The summed E-state index contributed by atoms with van der Waals surface area (Å²) in [5.74, 6) is -0.554. The smallest absolute Gasteiger partial charge is 0.383 e. The summed E-state index contributed by atoms with van der Waals surface area (Å²) < 4.78 is 40.1. The molecule has 1 fully saturated rings. The van der Waals surface area contributed by atoms with E-state index in [-0.39, 0.29) is 11.6 Å². The number of nitrogens with two attached hydrogens (primary N) is 1. The van der Waals surface area contributed by atoms with Crippen LogP contribution in [0.5, 0.6) is 0 Å². The lowest BCUT2D eigenvalue weighted by atomic mass is 9.97. The molecule has 7 nitrogen and oxygen atoms in total. The minimum Gasteiger partial charge on any atom is -0.383 e. The van der Waals surface area contributed by atoms with E-state index >= 15 is 0 Å². The number of aromatic nitrogens is 3. The Kier molecular flexibility index (Phi) is 5.19. The van der Waals surface area contributed by atoms with Crippen LogP contribution in [-0.4, -0.2) is 45.8 Å². The van der Waals surface area contributed by atoms with Crippen molar-refractivity contribution < 1.29 is 13.2 Å². The molecular formula is C23H24F3N7. The van der Waals surface area contributed by atoms with Crippen molar-refractivity contribution in [2.75, 3.05) is 23.7 Å². The summed E-state index contributed by atoms with van der Waals surface area (Å²) in [5.41, 5.74) is 9.02. The summed E-state index contributed by atoms with van der Waals surface area (Å²) in [7, 11) is 0. The van der Waals surface area contributed by atoms with Crippen LogP contribution in [0.3, 0.4) is 0 Å². The number of alkyl halides is 3. The van der Waals surface area contributed by atoms with Gasteiger partial charge in [0.05, 0.1) is 34.7 Å². The SMILES string of the molecule is CC1=Nc2cnc3ccc(-c4cnc(N)c(C(F)(F)F)c4)nc3c2N(C2CCNCC2)C1C. The highest BCUT2D eigenvalue weighted by molar-refractivity contribution is 6.04. The maximum Gasteiger partial charge on any atom is 0.419 e. The van der Waals surface area contributed by atoms with Crippen molar-refractivity contribution >= 4 is 33.9 Å². The van der Waals surface area contributed by atoms with Crippen LogP contribution in [-0.2, 0) is 6.18 Å². The third-order valence-corrected chi connectivity index (χ3v) is 6.47. The molecule has 0 saturated carbocycles. The average Bonchev–Trinajstić information content (AvgIpc) is 2.79. The maximum absolute atomic E-state index is 13.4. The maximum atomic E-state index is 13.4. The van der Waals surface area contributed by atoms with Gasteiger partial charge in [0.1, 0.15) is 17.0 Å². The molecule has 1 unspecified atom stereocenters. The second kappa shape index (κ2) is 7.95. The van der Waals surface area contributed by atoms with Crippen LogP contribution in [0.2, 0.25) is 0 Å². The van der Waals surface area contributed by atoms with Crippen molar-refractivity contribution in [3.63, 3.8) is 0 Å². The Morgan fingerprint density at radius 1 is 1.12 bits per heavy atom. The summed E-state index contributed by atoms with van der Waals surface area (Å²) in [4.78, 5) is 20.2. The number of aliphatic imine (C=N–C) groups is 1. The first-order valence-electron chi connectivity index (χ1n) is 10.9. The van der Waals surface area contributed by atoms with Gasteiger partial charge in [-0.1, -0.05) is 0 Å². The van der Waals surface area contributed by atoms with Crippen molar-refractivity contribution in [2.45, 2.75) is 44.9 Å². The highest BCUT2D eigenvalue weighted by Crippen LogP contribution is 2.42. The average molecular weight is 455 g/mol. The normalized spacial score (nSPS) is 19.5. The van der Waals surface area contributed by atoms with Crippen molar-refractivity contribution in [3.05, 3.63) is 36.2 Å². The van der Waals surface area contributed by atoms with Gasteiger partial charge in [0, 0.05) is 23.5 Å². The van der Waals surface area contributed by atoms with E-state index in [1.54, 1.807) is 18.3 Å². The number of nitrogens with one attached hydrogen (secondary N) is 1. The van der Waals surface area contributed by atoms with Crippen molar-refractivity contribution in [3.8, 4) is 11.3 Å². The predicted octanol–water partition coefficient (Wildman–Crippen LogP) is 4.35. The van der Waals surface area contributed by atoms with Gasteiger partial charge in [-0.25, -0.2) is 9.97 Å². The summed E-state index contributed by atoms with van der Waals surface area (Å²) in [6.07, 6.45) is 0.430. The van der Waals surface area contributed by atoms with Gasteiger partial charge >= 0.3 is 6.18 Å². The first-order valence-corrected chi connectivity index (χ1v) is 10.9. The highest BCUT2D eigenvalue weighted by Gasteiger charge is 2.35. The molecule has 3 aromatic heterocycles. The monoisotopic (exact) mass is 455 g/mol. The molecule has 5 heterocycles. The van der Waals surface area contributed by atoms with Gasteiger partial charge in [-0.05, 0) is 58.0 Å². The number of nitrogens with zero attached hydrogens (tertiary/aromatic N) is 5. The zero-order valence-electron chi connectivity index (χ0n) is 18.3. The van der Waals surface area contributed by atoms with Crippen LogP contribution < -0.4 is 16.0 Å². The number of anilines is 2. The Bertz CT molecular complexity index is 1250. The number of fused-ring (bicyclic) bond motifs is 3. The van der Waals surface area contributed by atoms with Gasteiger partial charge in [0.15, 0.2) is 0 Å². The molecule has 1 atom stereocenters. The van der Waals surface area contributed by atoms with E-state index in [1.807, 2.05) is 6.92 Å². The Morgan fingerprint density at radius 3 is 2.61 bits per heavy atom. The summed E-state index contributed by atoms with van der Waals surface area (Å²) in [6.45, 7) is 5.99. The number of rotatable bonds is 2. The molecule has 3 N–H and O–H groups in total. The fourth-order valence-corrected chi connectivity index (χ4v) is 4.64. The fourth-order valence-electron chi connectivity index (χ4n) is 4.64. The number of pyridine rings is 3. The van der Waals surface area contributed by atoms with E-state index < -0.39 is 17.6 Å². The molecule has 0 aliphatic carbocycles. The summed E-state index contributed by atoms with van der Waals surface area (Å²) in [6, 6.07) is 4.81. The van der Waals surface area contributed by atoms with Crippen LogP contribution in [0.4, 0.5) is 30.4 Å². The van der Waals surface area contributed by atoms with Crippen LogP contribution in [0.15, 0.2) is 35.6 Å². The molecular weight excluding hydrogens is 431 g/mol. The van der Waals surface area contributed by atoms with Crippen LogP contribution in [0, 0.1) is 0 Å². The van der Waals surface area contributed by atoms with Gasteiger partial charge in [0.25, 0.3) is 0 Å². The van der Waals surface area contributed by atoms with Crippen LogP contribution >= 0.6 is 0 Å². The molecule has 0 bridgehead atoms. The summed E-state index contributed by atoms with van der Waals surface area (Å²) in [5, 5.41) is 3.40. The van der Waals surface area contributed by atoms with E-state index in [9.17, 15) is 13.2 Å². The molecule has 3 aromatic rings. The third kappa shape index (κ3) is 3.78. The second-order valence-electron chi connectivity index (χ2n) is 8.53. The van der Waals surface area contributed by atoms with Crippen molar-refractivity contribution in [2.24, 2.45) is 4.99 Å². The minimum absolute atomic E-state index is 0.0756. The number of halogens is 3. The number of hydrogen-bond acceptors (Lipinski definition) is 7.